The van der Waals surface area contributed by atoms with Crippen molar-refractivity contribution in [3.8, 4) is 0 Å². The van der Waals surface area contributed by atoms with Gasteiger partial charge in [-0.05, 0) is 12.8 Å². The Labute approximate surface area is 152 Å². The molecule has 0 fully saturated rings. The van der Waals surface area contributed by atoms with Crippen molar-refractivity contribution in [2.45, 2.75) is 44.9 Å². The summed E-state index contributed by atoms with van der Waals surface area (Å²) < 4.78 is 27.3. The summed E-state index contributed by atoms with van der Waals surface area (Å²) in [5, 5.41) is 0. The van der Waals surface area contributed by atoms with Crippen molar-refractivity contribution in [1.29, 1.82) is 0 Å². The van der Waals surface area contributed by atoms with E-state index in [0.29, 0.717) is 13.0 Å². The third kappa shape index (κ3) is 17.9. The van der Waals surface area contributed by atoms with Crippen molar-refractivity contribution in [2.24, 2.45) is 0 Å². The zero-order valence-corrected chi connectivity index (χ0v) is 16.8. The van der Waals surface area contributed by atoms with E-state index in [0.717, 1.165) is 55.6 Å². The molecule has 148 valence electrons. The van der Waals surface area contributed by atoms with Crippen LogP contribution in [-0.2, 0) is 23.1 Å². The van der Waals surface area contributed by atoms with Gasteiger partial charge in [-0.2, -0.15) is 0 Å². The quantitative estimate of drug-likeness (QED) is 0.145. The van der Waals surface area contributed by atoms with Crippen molar-refractivity contribution in [3.05, 3.63) is 12.7 Å². The van der Waals surface area contributed by atoms with Crippen LogP contribution in [0, 0.1) is 0 Å². The second-order valence-corrected chi connectivity index (χ2v) is 8.45. The summed E-state index contributed by atoms with van der Waals surface area (Å²) in [6.45, 7) is 5.07. The number of phosphoric ester groups is 1. The van der Waals surface area contributed by atoms with Gasteiger partial charge >= 0.3 is 13.8 Å². The standard InChI is InChI=1S/C17H34NO6P/c1-5-17(19)22-14-10-8-6-7-9-11-15-23-25(20,21)24-16-12-13-18(2,3)4/h5H,1,6-16H2,2-4H3/p+1. The number of phosphoric acid groups is 1. The van der Waals surface area contributed by atoms with Crippen LogP contribution in [0.1, 0.15) is 44.9 Å². The van der Waals surface area contributed by atoms with E-state index in [9.17, 15) is 14.3 Å². The first-order chi connectivity index (χ1) is 11.7. The number of unbranched alkanes of at least 4 members (excludes halogenated alkanes) is 5. The fraction of sp³-hybridized carbons (Fsp3) is 0.824. The number of quaternary nitrogens is 1. The Morgan fingerprint density at radius 1 is 0.960 bits per heavy atom. The normalized spacial score (nSPS) is 14.1. The van der Waals surface area contributed by atoms with Crippen LogP contribution in [0.15, 0.2) is 12.7 Å². The highest BCUT2D eigenvalue weighted by Crippen LogP contribution is 2.43. The molecule has 0 radical (unpaired) electrons. The molecule has 0 aliphatic heterocycles. The summed E-state index contributed by atoms with van der Waals surface area (Å²) in [6.07, 6.45) is 7.38. The number of carbonyl (C=O) groups excluding carboxylic acids is 1. The van der Waals surface area contributed by atoms with Crippen LogP contribution in [0.25, 0.3) is 0 Å². The summed E-state index contributed by atoms with van der Waals surface area (Å²) in [6, 6.07) is 0. The van der Waals surface area contributed by atoms with Gasteiger partial charge in [0.25, 0.3) is 0 Å². The van der Waals surface area contributed by atoms with E-state index >= 15 is 0 Å². The maximum Gasteiger partial charge on any atom is 0.472 e. The number of carbonyl (C=O) groups is 1. The molecule has 0 rings (SSSR count). The SMILES string of the molecule is C=CC(=O)OCCCCCCCCOP(=O)(O)OCCC[N+](C)(C)C. The highest BCUT2D eigenvalue weighted by molar-refractivity contribution is 7.47. The maximum atomic E-state index is 11.7. The number of esters is 1. The van der Waals surface area contributed by atoms with E-state index in [4.69, 9.17) is 13.8 Å². The average Bonchev–Trinajstić information content (AvgIpc) is 2.52. The molecule has 0 saturated heterocycles. The summed E-state index contributed by atoms with van der Waals surface area (Å²) >= 11 is 0. The zero-order chi connectivity index (χ0) is 19.2. The van der Waals surface area contributed by atoms with Gasteiger partial charge < -0.3 is 14.1 Å². The number of ether oxygens (including phenoxy) is 1. The molecule has 0 aliphatic rings. The lowest BCUT2D eigenvalue weighted by Gasteiger charge is -2.23. The topological polar surface area (TPSA) is 82.1 Å². The van der Waals surface area contributed by atoms with E-state index in [2.05, 4.69) is 27.7 Å². The smallest absolute Gasteiger partial charge is 0.463 e. The van der Waals surface area contributed by atoms with Gasteiger partial charge in [-0.3, -0.25) is 9.05 Å². The highest BCUT2D eigenvalue weighted by atomic mass is 31.2. The van der Waals surface area contributed by atoms with Crippen LogP contribution in [0.5, 0.6) is 0 Å². The number of rotatable bonds is 16. The predicted molar refractivity (Wildman–Crippen MR) is 98.1 cm³/mol. The molecule has 25 heavy (non-hydrogen) atoms. The largest absolute Gasteiger partial charge is 0.472 e. The summed E-state index contributed by atoms with van der Waals surface area (Å²) in [5.41, 5.74) is 0. The molecule has 7 nitrogen and oxygen atoms in total. The van der Waals surface area contributed by atoms with Gasteiger partial charge in [0.1, 0.15) is 0 Å². The molecule has 1 N–H and O–H groups in total. The number of nitrogens with zero attached hydrogens (tertiary/aromatic N) is 1. The molecule has 0 aliphatic carbocycles. The molecule has 1 atom stereocenters. The van der Waals surface area contributed by atoms with Gasteiger partial charge in [-0.15, -0.1) is 0 Å². The van der Waals surface area contributed by atoms with Crippen LogP contribution < -0.4 is 0 Å². The molecular formula is C17H35NO6P+. The van der Waals surface area contributed by atoms with Crippen LogP contribution in [0.3, 0.4) is 0 Å². The van der Waals surface area contributed by atoms with E-state index < -0.39 is 7.82 Å². The third-order valence-corrected chi connectivity index (χ3v) is 4.45. The highest BCUT2D eigenvalue weighted by Gasteiger charge is 2.20. The van der Waals surface area contributed by atoms with Crippen molar-refractivity contribution in [1.82, 2.24) is 0 Å². The second kappa shape index (κ2) is 13.5. The molecule has 0 bridgehead atoms. The lowest BCUT2D eigenvalue weighted by Crippen LogP contribution is -2.35. The molecule has 0 aromatic carbocycles. The van der Waals surface area contributed by atoms with Gasteiger partial charge in [0, 0.05) is 12.5 Å². The van der Waals surface area contributed by atoms with Gasteiger partial charge in [-0.1, -0.05) is 32.3 Å². The lowest BCUT2D eigenvalue weighted by atomic mass is 10.1. The summed E-state index contributed by atoms with van der Waals surface area (Å²) in [4.78, 5) is 20.4. The first-order valence-corrected chi connectivity index (χ1v) is 10.4. The van der Waals surface area contributed by atoms with Gasteiger partial charge in [0.15, 0.2) is 0 Å². The van der Waals surface area contributed by atoms with Crippen molar-refractivity contribution >= 4 is 13.8 Å². The first-order valence-electron chi connectivity index (χ1n) is 8.88. The van der Waals surface area contributed by atoms with Crippen molar-refractivity contribution in [2.75, 3.05) is 47.5 Å². The minimum Gasteiger partial charge on any atom is -0.463 e. The van der Waals surface area contributed by atoms with Gasteiger partial charge in [0.2, 0.25) is 0 Å². The monoisotopic (exact) mass is 380 g/mol. The van der Waals surface area contributed by atoms with Crippen molar-refractivity contribution < 1.29 is 32.5 Å². The van der Waals surface area contributed by atoms with Crippen molar-refractivity contribution in [3.63, 3.8) is 0 Å². The molecule has 1 unspecified atom stereocenters. The molecule has 0 heterocycles. The predicted octanol–water partition coefficient (Wildman–Crippen LogP) is 3.29. The van der Waals surface area contributed by atoms with E-state index in [1.807, 2.05) is 0 Å². The van der Waals surface area contributed by atoms with Crippen LogP contribution in [0.2, 0.25) is 0 Å². The summed E-state index contributed by atoms with van der Waals surface area (Å²) in [7, 11) is 2.25. The average molecular weight is 380 g/mol. The molecule has 0 aromatic heterocycles. The third-order valence-electron chi connectivity index (χ3n) is 3.43. The Bertz CT molecular complexity index is 422. The summed E-state index contributed by atoms with van der Waals surface area (Å²) in [5.74, 6) is -0.384. The van der Waals surface area contributed by atoms with E-state index in [-0.39, 0.29) is 19.2 Å². The van der Waals surface area contributed by atoms with Gasteiger partial charge in [-0.25, -0.2) is 9.36 Å². The fourth-order valence-corrected chi connectivity index (χ4v) is 2.87. The van der Waals surface area contributed by atoms with E-state index in [1.54, 1.807) is 0 Å². The minimum atomic E-state index is -3.92. The molecule has 0 amide bonds. The van der Waals surface area contributed by atoms with Crippen LogP contribution in [0.4, 0.5) is 0 Å². The molecule has 0 spiro atoms. The Morgan fingerprint density at radius 3 is 1.96 bits per heavy atom. The Hall–Kier alpha value is -0.720. The maximum absolute atomic E-state index is 11.7. The Kier molecular flexibility index (Phi) is 13.1. The number of hydrogen-bond donors (Lipinski definition) is 1. The Balaban J connectivity index is 3.46. The molecule has 0 aromatic rings. The number of hydrogen-bond acceptors (Lipinski definition) is 5. The fourth-order valence-electron chi connectivity index (χ4n) is 2.08. The molecule has 0 saturated carbocycles. The zero-order valence-electron chi connectivity index (χ0n) is 15.9. The second-order valence-electron chi connectivity index (χ2n) is 7.00. The Morgan fingerprint density at radius 2 is 1.44 bits per heavy atom. The van der Waals surface area contributed by atoms with E-state index in [1.165, 1.54) is 0 Å². The molecule has 8 heteroatoms. The van der Waals surface area contributed by atoms with Crippen LogP contribution >= 0.6 is 7.82 Å². The lowest BCUT2D eigenvalue weighted by molar-refractivity contribution is -0.870. The minimum absolute atomic E-state index is 0.222. The van der Waals surface area contributed by atoms with Crippen LogP contribution in [-0.4, -0.2) is 62.9 Å². The first kappa shape index (κ1) is 24.3. The molecular weight excluding hydrogens is 345 g/mol. The van der Waals surface area contributed by atoms with Gasteiger partial charge in [0.05, 0.1) is 47.5 Å².